The third-order valence-corrected chi connectivity index (χ3v) is 6.02. The van der Waals surface area contributed by atoms with Crippen LogP contribution in [0.25, 0.3) is 5.57 Å². The number of carbonyl (C=O) groups is 3. The molecule has 6 nitrogen and oxygen atoms in total. The van der Waals surface area contributed by atoms with Gasteiger partial charge in [0.15, 0.2) is 0 Å². The highest BCUT2D eigenvalue weighted by molar-refractivity contribution is 6.09. The molecule has 0 fully saturated rings. The molecule has 0 unspecified atom stereocenters. The molecule has 0 aliphatic carbocycles. The van der Waals surface area contributed by atoms with Gasteiger partial charge in [0.25, 0.3) is 17.7 Å². The summed E-state index contributed by atoms with van der Waals surface area (Å²) in [5, 5.41) is 2.80. The van der Waals surface area contributed by atoms with Gasteiger partial charge in [0.2, 0.25) is 0 Å². The molecule has 184 valence electrons. The van der Waals surface area contributed by atoms with E-state index in [0.717, 1.165) is 18.7 Å². The first-order valence-corrected chi connectivity index (χ1v) is 11.3. The molecule has 0 saturated heterocycles. The molecule has 8 heteroatoms. The average Bonchev–Trinajstić information content (AvgIpc) is 2.98. The van der Waals surface area contributed by atoms with E-state index in [1.807, 2.05) is 19.1 Å². The van der Waals surface area contributed by atoms with E-state index >= 15 is 8.78 Å². The van der Waals surface area contributed by atoms with Crippen molar-refractivity contribution < 1.29 is 27.9 Å². The molecule has 4 rings (SSSR count). The number of aryl methyl sites for hydroxylation is 1. The number of hydrogen-bond acceptors (Lipinski definition) is 4. The lowest BCUT2D eigenvalue weighted by molar-refractivity contribution is -0.134. The zero-order valence-electron chi connectivity index (χ0n) is 19.8. The van der Waals surface area contributed by atoms with Crippen LogP contribution in [0.1, 0.15) is 38.3 Å². The minimum absolute atomic E-state index is 0.0841. The van der Waals surface area contributed by atoms with E-state index < -0.39 is 29.8 Å². The molecule has 0 aromatic heterocycles. The first kappa shape index (κ1) is 24.8. The normalized spacial score (nSPS) is 15.6. The number of ether oxygens (including phenoxy) is 1. The number of benzene rings is 3. The Labute approximate surface area is 207 Å². The zero-order chi connectivity index (χ0) is 25.9. The third kappa shape index (κ3) is 5.02. The fourth-order valence-corrected chi connectivity index (χ4v) is 4.09. The van der Waals surface area contributed by atoms with E-state index in [9.17, 15) is 14.4 Å². The average molecular weight is 491 g/mol. The summed E-state index contributed by atoms with van der Waals surface area (Å²) in [6, 6.07) is 19.7. The quantitative estimate of drug-likeness (QED) is 0.388. The Morgan fingerprint density at radius 1 is 0.972 bits per heavy atom. The van der Waals surface area contributed by atoms with Crippen molar-refractivity contribution in [2.45, 2.75) is 19.3 Å². The number of nitrogens with zero attached hydrogens (tertiary/aromatic N) is 1. The lowest BCUT2D eigenvalue weighted by atomic mass is 9.97. The molecule has 0 atom stereocenters. The molecule has 1 N–H and O–H groups in total. The minimum Gasteiger partial charge on any atom is -0.466 e. The van der Waals surface area contributed by atoms with Crippen LogP contribution in [0.2, 0.25) is 0 Å². The summed E-state index contributed by atoms with van der Waals surface area (Å²) in [7, 11) is 1.11. The number of para-hydroxylation sites is 1. The second-order valence-corrected chi connectivity index (χ2v) is 8.36. The van der Waals surface area contributed by atoms with Gasteiger partial charge in [-0.25, -0.2) is 13.6 Å². The Kier molecular flexibility index (Phi) is 6.96. The monoisotopic (exact) mass is 490 g/mol. The predicted molar refractivity (Wildman–Crippen MR) is 133 cm³/mol. The van der Waals surface area contributed by atoms with Crippen LogP contribution in [0.5, 0.6) is 0 Å². The van der Waals surface area contributed by atoms with E-state index in [1.165, 1.54) is 23.1 Å². The van der Waals surface area contributed by atoms with Crippen molar-refractivity contribution in [1.82, 2.24) is 0 Å². The smallest absolute Gasteiger partial charge is 0.330 e. The van der Waals surface area contributed by atoms with Gasteiger partial charge in [-0.3, -0.25) is 9.59 Å². The van der Waals surface area contributed by atoms with Gasteiger partial charge < -0.3 is 15.0 Å². The summed E-state index contributed by atoms with van der Waals surface area (Å²) < 4.78 is 34.6. The standard InChI is InChI=1S/C28H24F2N2O4/c1-18-7-3-4-8-21(18)26(34)31-20-13-11-19(12-14-20)27(35)32-16-15-28(29,30)23(17-25(33)36-2)22-9-5-6-10-24(22)32/h3-14,17H,15-16H2,1-2H3,(H,31,34)/b23-17-. The Morgan fingerprint density at radius 3 is 2.33 bits per heavy atom. The number of nitrogens with one attached hydrogen (secondary N) is 1. The molecule has 1 heterocycles. The van der Waals surface area contributed by atoms with E-state index in [2.05, 4.69) is 10.1 Å². The maximum atomic E-state index is 15.0. The van der Waals surface area contributed by atoms with Crippen molar-refractivity contribution in [1.29, 1.82) is 0 Å². The summed E-state index contributed by atoms with van der Waals surface area (Å²) in [6.45, 7) is 1.58. The van der Waals surface area contributed by atoms with Crippen LogP contribution in [-0.4, -0.2) is 37.4 Å². The topological polar surface area (TPSA) is 75.7 Å². The summed E-state index contributed by atoms with van der Waals surface area (Å²) in [4.78, 5) is 39.0. The highest BCUT2D eigenvalue weighted by Crippen LogP contribution is 2.43. The molecule has 0 radical (unpaired) electrons. The number of anilines is 2. The number of amides is 2. The molecule has 1 aliphatic heterocycles. The molecular weight excluding hydrogens is 466 g/mol. The largest absolute Gasteiger partial charge is 0.466 e. The molecule has 0 saturated carbocycles. The van der Waals surface area contributed by atoms with Crippen molar-refractivity contribution in [3.8, 4) is 0 Å². The molecule has 1 aliphatic rings. The first-order chi connectivity index (χ1) is 17.2. The number of esters is 1. The maximum absolute atomic E-state index is 15.0. The molecule has 36 heavy (non-hydrogen) atoms. The van der Waals surface area contributed by atoms with Gasteiger partial charge in [-0.05, 0) is 48.9 Å². The summed E-state index contributed by atoms with van der Waals surface area (Å²) in [5.74, 6) is -5.00. The number of halogens is 2. The van der Waals surface area contributed by atoms with Gasteiger partial charge in [0.1, 0.15) is 0 Å². The molecule has 3 aromatic carbocycles. The number of hydrogen-bond donors (Lipinski definition) is 1. The third-order valence-electron chi connectivity index (χ3n) is 6.02. The second kappa shape index (κ2) is 10.1. The second-order valence-electron chi connectivity index (χ2n) is 8.36. The molecule has 0 spiro atoms. The Bertz CT molecular complexity index is 1350. The first-order valence-electron chi connectivity index (χ1n) is 11.3. The molecule has 3 aromatic rings. The van der Waals surface area contributed by atoms with Gasteiger partial charge in [-0.2, -0.15) is 0 Å². The lowest BCUT2D eigenvalue weighted by Crippen LogP contribution is -2.33. The van der Waals surface area contributed by atoms with Crippen LogP contribution >= 0.6 is 0 Å². The fraction of sp³-hybridized carbons (Fsp3) is 0.179. The van der Waals surface area contributed by atoms with Crippen LogP contribution in [0.3, 0.4) is 0 Å². The minimum atomic E-state index is -3.34. The number of allylic oxidation sites excluding steroid dienone is 1. The van der Waals surface area contributed by atoms with E-state index in [1.54, 1.807) is 42.5 Å². The van der Waals surface area contributed by atoms with Crippen molar-refractivity contribution in [3.63, 3.8) is 0 Å². The molecule has 0 bridgehead atoms. The van der Waals surface area contributed by atoms with E-state index in [0.29, 0.717) is 11.3 Å². The number of fused-ring (bicyclic) bond motifs is 1. The van der Waals surface area contributed by atoms with Gasteiger partial charge in [0.05, 0.1) is 12.8 Å². The van der Waals surface area contributed by atoms with Gasteiger partial charge in [0, 0.05) is 47.0 Å². The Morgan fingerprint density at radius 2 is 1.64 bits per heavy atom. The zero-order valence-corrected chi connectivity index (χ0v) is 19.8. The maximum Gasteiger partial charge on any atom is 0.330 e. The summed E-state index contributed by atoms with van der Waals surface area (Å²) >= 11 is 0. The highest BCUT2D eigenvalue weighted by atomic mass is 19.3. The number of alkyl halides is 2. The van der Waals surface area contributed by atoms with Crippen molar-refractivity contribution in [2.75, 3.05) is 23.9 Å². The van der Waals surface area contributed by atoms with Gasteiger partial charge >= 0.3 is 5.97 Å². The fourth-order valence-electron chi connectivity index (χ4n) is 4.09. The van der Waals surface area contributed by atoms with Crippen LogP contribution in [-0.2, 0) is 9.53 Å². The van der Waals surface area contributed by atoms with Gasteiger partial charge in [-0.15, -0.1) is 0 Å². The lowest BCUT2D eigenvalue weighted by Gasteiger charge is -2.23. The molecular formula is C28H24F2N2O4. The van der Waals surface area contributed by atoms with E-state index in [-0.39, 0.29) is 29.3 Å². The van der Waals surface area contributed by atoms with Crippen molar-refractivity contribution in [2.24, 2.45) is 0 Å². The van der Waals surface area contributed by atoms with Crippen LogP contribution in [0.15, 0.2) is 78.9 Å². The predicted octanol–water partition coefficient (Wildman–Crippen LogP) is 5.49. The number of carbonyl (C=O) groups excluding carboxylic acids is 3. The summed E-state index contributed by atoms with van der Waals surface area (Å²) in [5.41, 5.74) is 1.99. The highest BCUT2D eigenvalue weighted by Gasteiger charge is 2.41. The summed E-state index contributed by atoms with van der Waals surface area (Å²) in [6.07, 6.45) is 0.111. The number of methoxy groups -OCH3 is 1. The Balaban J connectivity index is 1.61. The molecule has 2 amide bonds. The van der Waals surface area contributed by atoms with Crippen molar-refractivity contribution >= 4 is 34.7 Å². The number of rotatable bonds is 4. The SMILES string of the molecule is COC(=O)/C=C1/c2ccccc2N(C(=O)c2ccc(NC(=O)c3ccccc3C)cc2)CCC1(F)F. The van der Waals surface area contributed by atoms with Crippen molar-refractivity contribution in [3.05, 3.63) is 101 Å². The van der Waals surface area contributed by atoms with Crippen LogP contribution < -0.4 is 10.2 Å². The van der Waals surface area contributed by atoms with Gasteiger partial charge in [-0.1, -0.05) is 36.4 Å². The van der Waals surface area contributed by atoms with E-state index in [4.69, 9.17) is 0 Å². The Hall–Kier alpha value is -4.33. The van der Waals surface area contributed by atoms with Crippen LogP contribution in [0, 0.1) is 6.92 Å². The van der Waals surface area contributed by atoms with Crippen LogP contribution in [0.4, 0.5) is 20.2 Å².